The van der Waals surface area contributed by atoms with Crippen LogP contribution in [0.15, 0.2) is 4.99 Å². The molecule has 0 aromatic rings. The lowest BCUT2D eigenvalue weighted by Gasteiger charge is -2.07. The molecule has 0 amide bonds. The first-order chi connectivity index (χ1) is 4.72. The Labute approximate surface area is 63.5 Å². The largest absolute Gasteiger partial charge is 0.323 e. The average Bonchev–Trinajstić information content (AvgIpc) is 1.89. The fourth-order valence-electron chi connectivity index (χ4n) is 0.901. The number of nitrogens with zero attached hydrogens (tertiary/aromatic N) is 1. The first-order valence-corrected chi connectivity index (χ1v) is 3.93. The van der Waals surface area contributed by atoms with Crippen molar-refractivity contribution in [3.05, 3.63) is 0 Å². The minimum absolute atomic E-state index is 0.136. The van der Waals surface area contributed by atoms with Gasteiger partial charge >= 0.3 is 0 Å². The molecule has 2 heteroatoms. The molecule has 0 spiro atoms. The van der Waals surface area contributed by atoms with Crippen LogP contribution in [0.3, 0.4) is 0 Å². The van der Waals surface area contributed by atoms with Crippen LogP contribution in [0.4, 0.5) is 0 Å². The summed E-state index contributed by atoms with van der Waals surface area (Å²) < 4.78 is 0. The Morgan fingerprint density at radius 2 is 2.20 bits per heavy atom. The lowest BCUT2D eigenvalue weighted by Crippen LogP contribution is -2.26. The Hall–Kier alpha value is -0.370. The Morgan fingerprint density at radius 1 is 1.60 bits per heavy atom. The molecule has 10 heavy (non-hydrogen) atoms. The molecule has 0 aromatic carbocycles. The van der Waals surface area contributed by atoms with Crippen LogP contribution < -0.4 is 5.73 Å². The molecule has 0 bridgehead atoms. The topological polar surface area (TPSA) is 38.4 Å². The maximum Gasteiger partial charge on any atom is 0.0396 e. The lowest BCUT2D eigenvalue weighted by atomic mass is 10.1. The zero-order valence-electron chi connectivity index (χ0n) is 7.22. The molecule has 0 radical (unpaired) electrons. The van der Waals surface area contributed by atoms with Crippen LogP contribution in [0.25, 0.3) is 0 Å². The first-order valence-electron chi connectivity index (χ1n) is 3.93. The highest BCUT2D eigenvalue weighted by atomic mass is 14.8. The van der Waals surface area contributed by atoms with Crippen LogP contribution in [-0.4, -0.2) is 18.8 Å². The molecule has 2 N–H and O–H groups in total. The quantitative estimate of drug-likeness (QED) is 0.595. The van der Waals surface area contributed by atoms with Crippen LogP contribution in [-0.2, 0) is 0 Å². The number of hydrogen-bond acceptors (Lipinski definition) is 2. The van der Waals surface area contributed by atoms with Gasteiger partial charge in [-0.25, -0.2) is 0 Å². The molecular weight excluding hydrogens is 124 g/mol. The van der Waals surface area contributed by atoms with Crippen molar-refractivity contribution in [2.45, 2.75) is 39.2 Å². The fourth-order valence-corrected chi connectivity index (χ4v) is 0.901. The number of nitrogens with two attached hydrogens (primary N) is 1. The molecule has 0 aliphatic heterocycles. The van der Waals surface area contributed by atoms with E-state index in [9.17, 15) is 0 Å². The maximum absolute atomic E-state index is 5.66. The number of rotatable bonds is 4. The molecule has 0 saturated carbocycles. The van der Waals surface area contributed by atoms with Gasteiger partial charge in [0, 0.05) is 18.8 Å². The summed E-state index contributed by atoms with van der Waals surface area (Å²) in [5.74, 6) is 0. The second-order valence-electron chi connectivity index (χ2n) is 2.61. The van der Waals surface area contributed by atoms with Crippen LogP contribution in [0, 0.1) is 0 Å². The van der Waals surface area contributed by atoms with Crippen molar-refractivity contribution in [1.82, 2.24) is 0 Å². The van der Waals surface area contributed by atoms with Crippen molar-refractivity contribution in [1.29, 1.82) is 0 Å². The highest BCUT2D eigenvalue weighted by Gasteiger charge is 2.01. The summed E-state index contributed by atoms with van der Waals surface area (Å²) in [7, 11) is 1.81. The van der Waals surface area contributed by atoms with E-state index >= 15 is 0 Å². The maximum atomic E-state index is 5.66. The lowest BCUT2D eigenvalue weighted by molar-refractivity contribution is 0.804. The van der Waals surface area contributed by atoms with Gasteiger partial charge in [0.2, 0.25) is 0 Å². The first kappa shape index (κ1) is 9.63. The summed E-state index contributed by atoms with van der Waals surface area (Å²) in [5, 5.41) is 0. The van der Waals surface area contributed by atoms with Crippen LogP contribution in [0.1, 0.15) is 33.1 Å². The molecule has 0 rings (SSSR count). The molecule has 0 saturated heterocycles. The zero-order chi connectivity index (χ0) is 7.98. The molecule has 0 aliphatic carbocycles. The predicted octanol–water partition coefficient (Wildman–Crippen LogP) is 1.59. The minimum Gasteiger partial charge on any atom is -0.323 e. The van der Waals surface area contributed by atoms with Gasteiger partial charge in [-0.15, -0.1) is 0 Å². The third-order valence-corrected chi connectivity index (χ3v) is 1.60. The van der Waals surface area contributed by atoms with Gasteiger partial charge in [0.25, 0.3) is 0 Å². The smallest absolute Gasteiger partial charge is 0.0396 e. The number of aliphatic imine (C=N–C) groups is 1. The molecule has 1 atom stereocenters. The molecular formula is C8H18N2. The average molecular weight is 142 g/mol. The summed E-state index contributed by atoms with van der Waals surface area (Å²) in [6, 6.07) is 0.136. The van der Waals surface area contributed by atoms with Crippen molar-refractivity contribution in [2.24, 2.45) is 10.7 Å². The van der Waals surface area contributed by atoms with Crippen LogP contribution in [0.5, 0.6) is 0 Å². The van der Waals surface area contributed by atoms with Gasteiger partial charge in [0.1, 0.15) is 0 Å². The zero-order valence-corrected chi connectivity index (χ0v) is 7.22. The van der Waals surface area contributed by atoms with Gasteiger partial charge in [-0.2, -0.15) is 0 Å². The van der Waals surface area contributed by atoms with E-state index in [1.807, 2.05) is 14.0 Å². The van der Waals surface area contributed by atoms with Crippen molar-refractivity contribution >= 4 is 5.71 Å². The normalized spacial score (nSPS) is 15.4. The predicted molar refractivity (Wildman–Crippen MR) is 46.5 cm³/mol. The molecule has 0 heterocycles. The Morgan fingerprint density at radius 3 is 2.50 bits per heavy atom. The van der Waals surface area contributed by atoms with Crippen molar-refractivity contribution in [2.75, 3.05) is 7.05 Å². The molecule has 0 fully saturated rings. The summed E-state index contributed by atoms with van der Waals surface area (Å²) in [6.45, 7) is 4.16. The van der Waals surface area contributed by atoms with Crippen molar-refractivity contribution < 1.29 is 0 Å². The Bertz CT molecular complexity index is 106. The molecule has 0 aromatic heterocycles. The fraction of sp³-hybridized carbons (Fsp3) is 0.875. The van der Waals surface area contributed by atoms with Gasteiger partial charge in [-0.1, -0.05) is 13.3 Å². The second kappa shape index (κ2) is 5.42. The van der Waals surface area contributed by atoms with E-state index < -0.39 is 0 Å². The van der Waals surface area contributed by atoms with E-state index in [0.29, 0.717) is 0 Å². The minimum atomic E-state index is 0.136. The number of unbranched alkanes of at least 4 members (excludes halogenated alkanes) is 1. The third-order valence-electron chi connectivity index (χ3n) is 1.60. The van der Waals surface area contributed by atoms with Crippen LogP contribution >= 0.6 is 0 Å². The molecule has 2 nitrogen and oxygen atoms in total. The van der Waals surface area contributed by atoms with E-state index in [4.69, 9.17) is 5.73 Å². The summed E-state index contributed by atoms with van der Waals surface area (Å²) >= 11 is 0. The van der Waals surface area contributed by atoms with Crippen molar-refractivity contribution in [3.8, 4) is 0 Å². The summed E-state index contributed by atoms with van der Waals surface area (Å²) in [4.78, 5) is 4.12. The van der Waals surface area contributed by atoms with E-state index in [2.05, 4.69) is 11.9 Å². The molecule has 60 valence electrons. The highest BCUT2D eigenvalue weighted by molar-refractivity contribution is 5.88. The van der Waals surface area contributed by atoms with E-state index in [-0.39, 0.29) is 6.04 Å². The SMILES string of the molecule is CCCCC(=NC)[C@H](C)N. The highest BCUT2D eigenvalue weighted by Crippen LogP contribution is 1.99. The summed E-state index contributed by atoms with van der Waals surface area (Å²) in [6.07, 6.45) is 3.48. The Kier molecular flexibility index (Phi) is 5.22. The standard InChI is InChI=1S/C8H18N2/c1-4-5-6-8(10-3)7(2)9/h7H,4-6,9H2,1-3H3/t7-/m0/s1. The molecule has 0 aliphatic rings. The summed E-state index contributed by atoms with van der Waals surface area (Å²) in [5.41, 5.74) is 6.80. The van der Waals surface area contributed by atoms with Gasteiger partial charge in [-0.3, -0.25) is 4.99 Å². The Balaban J connectivity index is 3.63. The van der Waals surface area contributed by atoms with Gasteiger partial charge in [0.05, 0.1) is 0 Å². The second-order valence-corrected chi connectivity index (χ2v) is 2.61. The van der Waals surface area contributed by atoms with Gasteiger partial charge < -0.3 is 5.73 Å². The van der Waals surface area contributed by atoms with Gasteiger partial charge in [-0.05, 0) is 19.8 Å². The van der Waals surface area contributed by atoms with Crippen molar-refractivity contribution in [3.63, 3.8) is 0 Å². The van der Waals surface area contributed by atoms with Crippen LogP contribution in [0.2, 0.25) is 0 Å². The number of hydrogen-bond donors (Lipinski definition) is 1. The molecule has 0 unspecified atom stereocenters. The van der Waals surface area contributed by atoms with E-state index in [1.165, 1.54) is 12.8 Å². The van der Waals surface area contributed by atoms with Gasteiger partial charge in [0.15, 0.2) is 0 Å². The van der Waals surface area contributed by atoms with E-state index in [0.717, 1.165) is 12.1 Å². The van der Waals surface area contributed by atoms with E-state index in [1.54, 1.807) is 0 Å². The monoisotopic (exact) mass is 142 g/mol. The third kappa shape index (κ3) is 3.62.